The van der Waals surface area contributed by atoms with Gasteiger partial charge in [0, 0.05) is 6.42 Å². The number of pyridine rings is 1. The zero-order chi connectivity index (χ0) is 8.81. The van der Waals surface area contributed by atoms with Crippen molar-refractivity contribution in [3.8, 4) is 18.1 Å². The van der Waals surface area contributed by atoms with Gasteiger partial charge in [-0.05, 0) is 12.1 Å². The van der Waals surface area contributed by atoms with Crippen LogP contribution in [0.4, 0.5) is 4.39 Å². The Bertz CT molecular complexity index is 276. The van der Waals surface area contributed by atoms with Crippen molar-refractivity contribution in [1.29, 1.82) is 0 Å². The van der Waals surface area contributed by atoms with E-state index in [1.165, 1.54) is 18.3 Å². The van der Waals surface area contributed by atoms with E-state index < -0.39 is 5.95 Å². The van der Waals surface area contributed by atoms with E-state index in [2.05, 4.69) is 10.9 Å². The number of nitrogens with zero attached hydrogens (tertiary/aromatic N) is 1. The van der Waals surface area contributed by atoms with Crippen LogP contribution in [0.3, 0.4) is 0 Å². The molecule has 12 heavy (non-hydrogen) atoms. The number of aromatic nitrogens is 1. The predicted molar refractivity (Wildman–Crippen MR) is 43.1 cm³/mol. The zero-order valence-electron chi connectivity index (χ0n) is 6.46. The lowest BCUT2D eigenvalue weighted by molar-refractivity contribution is 0.324. The molecule has 1 rings (SSSR count). The lowest BCUT2D eigenvalue weighted by Crippen LogP contribution is -1.96. The van der Waals surface area contributed by atoms with Crippen molar-refractivity contribution in [2.45, 2.75) is 6.42 Å². The van der Waals surface area contributed by atoms with Crippen LogP contribution < -0.4 is 4.74 Å². The topological polar surface area (TPSA) is 22.1 Å². The summed E-state index contributed by atoms with van der Waals surface area (Å²) < 4.78 is 17.4. The number of hydrogen-bond donors (Lipinski definition) is 0. The SMILES string of the molecule is C#CCCOc1ccc(F)nc1. The fourth-order valence-electron chi connectivity index (χ4n) is 0.675. The fourth-order valence-corrected chi connectivity index (χ4v) is 0.675. The van der Waals surface area contributed by atoms with Crippen molar-refractivity contribution in [3.05, 3.63) is 24.3 Å². The highest BCUT2D eigenvalue weighted by molar-refractivity contribution is 5.16. The molecule has 0 aliphatic rings. The van der Waals surface area contributed by atoms with Crippen LogP contribution in [-0.2, 0) is 0 Å². The molecular weight excluding hydrogens is 157 g/mol. The highest BCUT2D eigenvalue weighted by Crippen LogP contribution is 2.07. The van der Waals surface area contributed by atoms with Crippen molar-refractivity contribution < 1.29 is 9.13 Å². The molecule has 0 aliphatic carbocycles. The molecule has 0 N–H and O–H groups in total. The van der Waals surface area contributed by atoms with Crippen molar-refractivity contribution in [2.75, 3.05) is 6.61 Å². The molecule has 62 valence electrons. The number of halogens is 1. The molecular formula is C9H8FNO. The zero-order valence-corrected chi connectivity index (χ0v) is 6.46. The van der Waals surface area contributed by atoms with E-state index in [4.69, 9.17) is 11.2 Å². The van der Waals surface area contributed by atoms with Crippen LogP contribution in [0.2, 0.25) is 0 Å². The number of hydrogen-bond acceptors (Lipinski definition) is 2. The predicted octanol–water partition coefficient (Wildman–Crippen LogP) is 1.62. The van der Waals surface area contributed by atoms with Gasteiger partial charge in [0.1, 0.15) is 5.75 Å². The number of rotatable bonds is 3. The largest absolute Gasteiger partial charge is 0.491 e. The van der Waals surface area contributed by atoms with Gasteiger partial charge >= 0.3 is 0 Å². The quantitative estimate of drug-likeness (QED) is 0.385. The monoisotopic (exact) mass is 165 g/mol. The minimum Gasteiger partial charge on any atom is -0.491 e. The molecule has 0 bridgehead atoms. The third-order valence-corrected chi connectivity index (χ3v) is 1.22. The van der Waals surface area contributed by atoms with Crippen molar-refractivity contribution >= 4 is 0 Å². The van der Waals surface area contributed by atoms with Gasteiger partial charge in [0.2, 0.25) is 5.95 Å². The first kappa shape index (κ1) is 8.54. The van der Waals surface area contributed by atoms with Gasteiger partial charge in [-0.3, -0.25) is 0 Å². The second kappa shape index (κ2) is 4.35. The van der Waals surface area contributed by atoms with Crippen molar-refractivity contribution in [3.63, 3.8) is 0 Å². The maximum Gasteiger partial charge on any atom is 0.213 e. The van der Waals surface area contributed by atoms with E-state index in [1.54, 1.807) is 0 Å². The summed E-state index contributed by atoms with van der Waals surface area (Å²) in [7, 11) is 0. The highest BCUT2D eigenvalue weighted by atomic mass is 19.1. The maximum atomic E-state index is 12.3. The molecule has 2 nitrogen and oxygen atoms in total. The first-order valence-corrected chi connectivity index (χ1v) is 3.51. The average molecular weight is 165 g/mol. The van der Waals surface area contributed by atoms with Gasteiger partial charge in [-0.25, -0.2) is 4.98 Å². The minimum absolute atomic E-state index is 0.434. The van der Waals surface area contributed by atoms with Crippen LogP contribution in [0.5, 0.6) is 5.75 Å². The van der Waals surface area contributed by atoms with Crippen LogP contribution >= 0.6 is 0 Å². The summed E-state index contributed by atoms with van der Waals surface area (Å²) in [5, 5.41) is 0. The first-order chi connectivity index (χ1) is 5.83. The van der Waals surface area contributed by atoms with E-state index in [1.807, 2.05) is 0 Å². The van der Waals surface area contributed by atoms with Crippen LogP contribution in [0.15, 0.2) is 18.3 Å². The second-order valence-electron chi connectivity index (χ2n) is 2.12. The standard InChI is InChI=1S/C9H8FNO/c1-2-3-6-12-8-4-5-9(10)11-7-8/h1,4-5,7H,3,6H2. The molecule has 0 aliphatic heterocycles. The summed E-state index contributed by atoms with van der Waals surface area (Å²) in [4.78, 5) is 3.41. The summed E-state index contributed by atoms with van der Waals surface area (Å²) in [6, 6.07) is 2.75. The molecule has 0 saturated heterocycles. The lowest BCUT2D eigenvalue weighted by Gasteiger charge is -2.01. The van der Waals surface area contributed by atoms with Crippen LogP contribution in [0.25, 0.3) is 0 Å². The molecule has 0 radical (unpaired) electrons. The first-order valence-electron chi connectivity index (χ1n) is 3.51. The smallest absolute Gasteiger partial charge is 0.213 e. The lowest BCUT2D eigenvalue weighted by atomic mass is 10.4. The van der Waals surface area contributed by atoms with E-state index in [-0.39, 0.29) is 0 Å². The third-order valence-electron chi connectivity index (χ3n) is 1.22. The Morgan fingerprint density at radius 3 is 3.00 bits per heavy atom. The van der Waals surface area contributed by atoms with Gasteiger partial charge in [0.25, 0.3) is 0 Å². The average Bonchev–Trinajstić information content (AvgIpc) is 2.09. The van der Waals surface area contributed by atoms with Gasteiger partial charge in [-0.2, -0.15) is 4.39 Å². The number of terminal acetylenes is 1. The summed E-state index contributed by atoms with van der Waals surface area (Å²) in [5.74, 6) is 2.45. The molecule has 0 atom stereocenters. The fraction of sp³-hybridized carbons (Fsp3) is 0.222. The molecule has 0 amide bonds. The van der Waals surface area contributed by atoms with Gasteiger partial charge < -0.3 is 4.74 Å². The minimum atomic E-state index is -0.515. The van der Waals surface area contributed by atoms with E-state index in [9.17, 15) is 4.39 Å². The van der Waals surface area contributed by atoms with Gasteiger partial charge in [-0.15, -0.1) is 12.3 Å². The Balaban J connectivity index is 2.43. The van der Waals surface area contributed by atoms with E-state index in [0.717, 1.165) is 0 Å². The Kier molecular flexibility index (Phi) is 3.09. The summed E-state index contributed by atoms with van der Waals surface area (Å²) in [6.45, 7) is 0.434. The Labute approximate surface area is 70.4 Å². The molecule has 0 unspecified atom stereocenters. The molecule has 0 aromatic carbocycles. The second-order valence-corrected chi connectivity index (χ2v) is 2.12. The van der Waals surface area contributed by atoms with Crippen LogP contribution in [0, 0.1) is 18.3 Å². The molecule has 0 saturated carbocycles. The maximum absolute atomic E-state index is 12.3. The number of ether oxygens (including phenoxy) is 1. The third kappa shape index (κ3) is 2.59. The van der Waals surface area contributed by atoms with Crippen molar-refractivity contribution in [2.24, 2.45) is 0 Å². The molecule has 1 aromatic rings. The molecule has 0 spiro atoms. The molecule has 0 fully saturated rings. The summed E-state index contributed by atoms with van der Waals surface area (Å²) >= 11 is 0. The Hall–Kier alpha value is -1.56. The Morgan fingerprint density at radius 1 is 1.58 bits per heavy atom. The summed E-state index contributed by atoms with van der Waals surface area (Å²) in [5.41, 5.74) is 0. The van der Waals surface area contributed by atoms with Gasteiger partial charge in [0.15, 0.2) is 0 Å². The van der Waals surface area contributed by atoms with E-state index in [0.29, 0.717) is 18.8 Å². The molecule has 3 heteroatoms. The van der Waals surface area contributed by atoms with E-state index >= 15 is 0 Å². The molecule has 1 heterocycles. The van der Waals surface area contributed by atoms with Crippen molar-refractivity contribution in [1.82, 2.24) is 4.98 Å². The normalized spacial score (nSPS) is 9.00. The highest BCUT2D eigenvalue weighted by Gasteiger charge is 1.93. The van der Waals surface area contributed by atoms with Crippen LogP contribution in [0.1, 0.15) is 6.42 Å². The van der Waals surface area contributed by atoms with Gasteiger partial charge in [-0.1, -0.05) is 0 Å². The molecule has 1 aromatic heterocycles. The Morgan fingerprint density at radius 2 is 2.42 bits per heavy atom. The van der Waals surface area contributed by atoms with Crippen LogP contribution in [-0.4, -0.2) is 11.6 Å². The van der Waals surface area contributed by atoms with Gasteiger partial charge in [0.05, 0.1) is 12.8 Å². The summed E-state index contributed by atoms with van der Waals surface area (Å²) in [6.07, 6.45) is 6.88.